The van der Waals surface area contributed by atoms with Crippen molar-refractivity contribution in [2.24, 2.45) is 17.8 Å². The Balaban J connectivity index is 1.26. The van der Waals surface area contributed by atoms with Gasteiger partial charge in [0.15, 0.2) is 0 Å². The molecule has 0 spiro atoms. The molecule has 2 bridgehead atoms. The zero-order valence-electron chi connectivity index (χ0n) is 14.2. The summed E-state index contributed by atoms with van der Waals surface area (Å²) in [6.45, 7) is 1.40. The van der Waals surface area contributed by atoms with Crippen LogP contribution in [0.2, 0.25) is 0 Å². The summed E-state index contributed by atoms with van der Waals surface area (Å²) in [6, 6.07) is 8.00. The second kappa shape index (κ2) is 6.58. The summed E-state index contributed by atoms with van der Waals surface area (Å²) < 4.78 is 0. The fourth-order valence-electron chi connectivity index (χ4n) is 4.85. The van der Waals surface area contributed by atoms with Gasteiger partial charge in [-0.05, 0) is 61.1 Å². The molecule has 1 aromatic carbocycles. The zero-order valence-corrected chi connectivity index (χ0v) is 14.2. The highest BCUT2D eigenvalue weighted by Gasteiger charge is 2.40. The summed E-state index contributed by atoms with van der Waals surface area (Å²) in [5.74, 6) is 2.72. The van der Waals surface area contributed by atoms with E-state index in [1.54, 1.807) is 0 Å². The van der Waals surface area contributed by atoms with Crippen molar-refractivity contribution in [1.82, 2.24) is 5.32 Å². The smallest absolute Gasteiger partial charge is 0.227 e. The highest BCUT2D eigenvalue weighted by molar-refractivity contribution is 5.95. The molecule has 128 valence electrons. The molecule has 1 saturated heterocycles. The van der Waals surface area contributed by atoms with Gasteiger partial charge >= 0.3 is 0 Å². The molecule has 1 aromatic rings. The number of hydrogen-bond acceptors (Lipinski definition) is 2. The first-order valence-corrected chi connectivity index (χ1v) is 9.35. The van der Waals surface area contributed by atoms with Gasteiger partial charge in [0.2, 0.25) is 11.8 Å². The van der Waals surface area contributed by atoms with E-state index in [2.05, 4.69) is 5.32 Å². The number of amides is 2. The first-order valence-electron chi connectivity index (χ1n) is 9.35. The first-order chi connectivity index (χ1) is 11.7. The lowest BCUT2D eigenvalue weighted by Gasteiger charge is -2.21. The van der Waals surface area contributed by atoms with E-state index in [-0.39, 0.29) is 11.8 Å². The van der Waals surface area contributed by atoms with E-state index in [0.717, 1.165) is 36.1 Å². The van der Waals surface area contributed by atoms with Gasteiger partial charge < -0.3 is 10.2 Å². The molecule has 2 aliphatic carbocycles. The molecule has 3 atom stereocenters. The third kappa shape index (κ3) is 3.19. The predicted octanol–water partition coefficient (Wildman–Crippen LogP) is 3.26. The summed E-state index contributed by atoms with van der Waals surface area (Å²) in [6.07, 6.45) is 7.63. The number of benzene rings is 1. The van der Waals surface area contributed by atoms with Crippen LogP contribution in [-0.2, 0) is 16.1 Å². The molecule has 1 aliphatic heterocycles. The van der Waals surface area contributed by atoms with Crippen LogP contribution in [0.3, 0.4) is 0 Å². The highest BCUT2D eigenvalue weighted by Crippen LogP contribution is 2.49. The summed E-state index contributed by atoms with van der Waals surface area (Å²) in [4.78, 5) is 25.8. The van der Waals surface area contributed by atoms with Crippen LogP contribution in [0, 0.1) is 17.8 Å². The largest absolute Gasteiger partial charge is 0.352 e. The van der Waals surface area contributed by atoms with Crippen LogP contribution in [0.4, 0.5) is 5.69 Å². The van der Waals surface area contributed by atoms with E-state index in [9.17, 15) is 9.59 Å². The van der Waals surface area contributed by atoms with Gasteiger partial charge in [-0.1, -0.05) is 18.6 Å². The van der Waals surface area contributed by atoms with Crippen molar-refractivity contribution in [3.05, 3.63) is 29.8 Å². The van der Waals surface area contributed by atoms with Gasteiger partial charge in [-0.15, -0.1) is 0 Å². The second-order valence-corrected chi connectivity index (χ2v) is 7.73. The monoisotopic (exact) mass is 326 g/mol. The Labute approximate surface area is 143 Å². The topological polar surface area (TPSA) is 49.4 Å². The SMILES string of the molecule is O=C(C[C@H]1C[C@H]2CC[C@@H]1C2)NCc1ccc(N2CCCC2=O)cc1. The Morgan fingerprint density at radius 1 is 1.17 bits per heavy atom. The molecule has 4 heteroatoms. The third-order valence-corrected chi connectivity index (χ3v) is 6.14. The summed E-state index contributed by atoms with van der Waals surface area (Å²) >= 11 is 0. The standard InChI is InChI=1S/C20H26N2O2/c23-19(12-17-11-15-3-6-16(17)10-15)21-13-14-4-7-18(8-5-14)22-9-1-2-20(22)24/h4-5,7-8,15-17H,1-3,6,9-13H2,(H,21,23)/t15-,16+,17+/m0/s1. The zero-order chi connectivity index (χ0) is 16.5. The maximum absolute atomic E-state index is 12.2. The maximum Gasteiger partial charge on any atom is 0.227 e. The van der Waals surface area contributed by atoms with E-state index in [0.29, 0.717) is 25.3 Å². The van der Waals surface area contributed by atoms with Crippen molar-refractivity contribution in [3.8, 4) is 0 Å². The van der Waals surface area contributed by atoms with Gasteiger partial charge in [0.1, 0.15) is 0 Å². The van der Waals surface area contributed by atoms with Crippen molar-refractivity contribution in [1.29, 1.82) is 0 Å². The van der Waals surface area contributed by atoms with Crippen molar-refractivity contribution in [3.63, 3.8) is 0 Å². The molecule has 24 heavy (non-hydrogen) atoms. The average Bonchev–Trinajstić information content (AvgIpc) is 3.30. The van der Waals surface area contributed by atoms with Crippen LogP contribution in [-0.4, -0.2) is 18.4 Å². The number of nitrogens with one attached hydrogen (secondary N) is 1. The molecule has 2 amide bonds. The lowest BCUT2D eigenvalue weighted by atomic mass is 9.86. The molecule has 1 heterocycles. The van der Waals surface area contributed by atoms with Gasteiger partial charge in [-0.3, -0.25) is 9.59 Å². The second-order valence-electron chi connectivity index (χ2n) is 7.73. The number of anilines is 1. The van der Waals surface area contributed by atoms with Crippen LogP contribution in [0.15, 0.2) is 24.3 Å². The summed E-state index contributed by atoms with van der Waals surface area (Å²) in [7, 11) is 0. The molecule has 0 aromatic heterocycles. The van der Waals surface area contributed by atoms with Crippen LogP contribution in [0.5, 0.6) is 0 Å². The maximum atomic E-state index is 12.2. The van der Waals surface area contributed by atoms with Crippen LogP contribution < -0.4 is 10.2 Å². The normalized spacial score (nSPS) is 28.6. The number of carbonyl (C=O) groups is 2. The van der Waals surface area contributed by atoms with Gasteiger partial charge in [-0.2, -0.15) is 0 Å². The Kier molecular flexibility index (Phi) is 4.30. The fraction of sp³-hybridized carbons (Fsp3) is 0.600. The third-order valence-electron chi connectivity index (χ3n) is 6.14. The Morgan fingerprint density at radius 3 is 2.62 bits per heavy atom. The van der Waals surface area contributed by atoms with E-state index in [1.807, 2.05) is 29.2 Å². The quantitative estimate of drug-likeness (QED) is 0.903. The molecule has 4 rings (SSSR count). The average molecular weight is 326 g/mol. The van der Waals surface area contributed by atoms with Crippen molar-refractivity contribution in [2.45, 2.75) is 51.5 Å². The summed E-state index contributed by atoms with van der Waals surface area (Å²) in [5, 5.41) is 3.06. The molecule has 2 saturated carbocycles. The first kappa shape index (κ1) is 15.7. The van der Waals surface area contributed by atoms with E-state index in [1.165, 1.54) is 25.7 Å². The number of rotatable bonds is 5. The van der Waals surface area contributed by atoms with Crippen molar-refractivity contribution in [2.75, 3.05) is 11.4 Å². The highest BCUT2D eigenvalue weighted by atomic mass is 16.2. The van der Waals surface area contributed by atoms with Crippen LogP contribution >= 0.6 is 0 Å². The minimum atomic E-state index is 0.186. The van der Waals surface area contributed by atoms with Crippen LogP contribution in [0.1, 0.15) is 50.5 Å². The Hall–Kier alpha value is -1.84. The number of fused-ring (bicyclic) bond motifs is 2. The molecule has 3 fully saturated rings. The molecular formula is C20H26N2O2. The van der Waals surface area contributed by atoms with Crippen molar-refractivity contribution >= 4 is 17.5 Å². The Bertz CT molecular complexity index is 625. The van der Waals surface area contributed by atoms with Crippen LogP contribution in [0.25, 0.3) is 0 Å². The number of nitrogens with zero attached hydrogens (tertiary/aromatic N) is 1. The van der Waals surface area contributed by atoms with Crippen molar-refractivity contribution < 1.29 is 9.59 Å². The van der Waals surface area contributed by atoms with Gasteiger partial charge in [0.05, 0.1) is 0 Å². The lowest BCUT2D eigenvalue weighted by molar-refractivity contribution is -0.122. The van der Waals surface area contributed by atoms with E-state index < -0.39 is 0 Å². The molecule has 0 radical (unpaired) electrons. The van der Waals surface area contributed by atoms with Gasteiger partial charge in [0, 0.05) is 31.6 Å². The molecule has 0 unspecified atom stereocenters. The molecule has 3 aliphatic rings. The van der Waals surface area contributed by atoms with E-state index in [4.69, 9.17) is 0 Å². The predicted molar refractivity (Wildman–Crippen MR) is 93.4 cm³/mol. The van der Waals surface area contributed by atoms with Gasteiger partial charge in [0.25, 0.3) is 0 Å². The number of carbonyl (C=O) groups excluding carboxylic acids is 2. The summed E-state index contributed by atoms with van der Waals surface area (Å²) in [5.41, 5.74) is 2.06. The molecular weight excluding hydrogens is 300 g/mol. The minimum Gasteiger partial charge on any atom is -0.352 e. The lowest BCUT2D eigenvalue weighted by Crippen LogP contribution is -2.27. The molecule has 4 nitrogen and oxygen atoms in total. The minimum absolute atomic E-state index is 0.186. The Morgan fingerprint density at radius 2 is 2.00 bits per heavy atom. The van der Waals surface area contributed by atoms with E-state index >= 15 is 0 Å². The molecule has 1 N–H and O–H groups in total. The van der Waals surface area contributed by atoms with Gasteiger partial charge in [-0.25, -0.2) is 0 Å². The fourth-order valence-corrected chi connectivity index (χ4v) is 4.85. The number of hydrogen-bond donors (Lipinski definition) is 1.